The van der Waals surface area contributed by atoms with Crippen molar-refractivity contribution >= 4 is 11.9 Å². The number of carboxylic acids is 1. The van der Waals surface area contributed by atoms with Crippen LogP contribution in [0.3, 0.4) is 0 Å². The molecule has 0 aliphatic rings. The number of carbonyl (C=O) groups excluding carboxylic acids is 1. The number of phenols is 2. The zero-order chi connectivity index (χ0) is 16.1. The molecule has 1 aromatic heterocycles. The van der Waals surface area contributed by atoms with Crippen molar-refractivity contribution < 1.29 is 24.9 Å². The van der Waals surface area contributed by atoms with Crippen molar-refractivity contribution in [2.75, 3.05) is 0 Å². The molecule has 0 fully saturated rings. The highest BCUT2D eigenvalue weighted by atomic mass is 16.4. The summed E-state index contributed by atoms with van der Waals surface area (Å²) in [5, 5.41) is 30.3. The van der Waals surface area contributed by atoms with Crippen LogP contribution in [0.5, 0.6) is 11.5 Å². The Morgan fingerprint density at radius 3 is 2.55 bits per heavy atom. The number of benzene rings is 1. The maximum absolute atomic E-state index is 12.0. The molecule has 0 saturated carbocycles. The quantitative estimate of drug-likeness (QED) is 0.610. The van der Waals surface area contributed by atoms with Crippen molar-refractivity contribution in [3.63, 3.8) is 0 Å². The molecule has 7 nitrogen and oxygen atoms in total. The van der Waals surface area contributed by atoms with E-state index in [1.165, 1.54) is 36.7 Å². The van der Waals surface area contributed by atoms with Gasteiger partial charge in [-0.15, -0.1) is 0 Å². The second-order valence-electron chi connectivity index (χ2n) is 4.63. The van der Waals surface area contributed by atoms with E-state index in [2.05, 4.69) is 10.3 Å². The summed E-state index contributed by atoms with van der Waals surface area (Å²) in [6.07, 6.45) is 2.81. The lowest BCUT2D eigenvalue weighted by atomic mass is 10.0. The molecule has 1 aromatic carbocycles. The molecule has 2 rings (SSSR count). The van der Waals surface area contributed by atoms with Gasteiger partial charge in [0.25, 0.3) is 5.91 Å². The van der Waals surface area contributed by atoms with Gasteiger partial charge < -0.3 is 20.6 Å². The maximum Gasteiger partial charge on any atom is 0.326 e. The second kappa shape index (κ2) is 6.57. The van der Waals surface area contributed by atoms with Gasteiger partial charge in [0, 0.05) is 18.8 Å². The van der Waals surface area contributed by atoms with Gasteiger partial charge in [-0.2, -0.15) is 0 Å². The topological polar surface area (TPSA) is 120 Å². The SMILES string of the molecule is O=C(N[C@@H](Cc1ccc(O)c(O)c1)C(=O)O)c1cccnc1. The highest BCUT2D eigenvalue weighted by molar-refractivity contribution is 5.96. The molecule has 0 bridgehead atoms. The van der Waals surface area contributed by atoms with Crippen LogP contribution in [0.1, 0.15) is 15.9 Å². The molecule has 0 spiro atoms. The van der Waals surface area contributed by atoms with Crippen LogP contribution in [0, 0.1) is 0 Å². The molecule has 114 valence electrons. The van der Waals surface area contributed by atoms with Crippen LogP contribution in [-0.4, -0.2) is 38.2 Å². The Morgan fingerprint density at radius 2 is 1.95 bits per heavy atom. The van der Waals surface area contributed by atoms with E-state index in [9.17, 15) is 24.9 Å². The number of aromatic nitrogens is 1. The predicted octanol–water partition coefficient (Wildman–Crippen LogP) is 0.918. The number of nitrogens with zero attached hydrogens (tertiary/aromatic N) is 1. The van der Waals surface area contributed by atoms with E-state index in [0.717, 1.165) is 0 Å². The van der Waals surface area contributed by atoms with Crippen LogP contribution in [0.2, 0.25) is 0 Å². The molecule has 0 unspecified atom stereocenters. The number of aromatic hydroxyl groups is 2. The molecule has 2 aromatic rings. The van der Waals surface area contributed by atoms with Gasteiger partial charge in [-0.1, -0.05) is 6.07 Å². The molecule has 4 N–H and O–H groups in total. The van der Waals surface area contributed by atoms with Gasteiger partial charge in [0.1, 0.15) is 6.04 Å². The third kappa shape index (κ3) is 3.72. The molecule has 0 saturated heterocycles. The van der Waals surface area contributed by atoms with Crippen LogP contribution < -0.4 is 5.32 Å². The van der Waals surface area contributed by atoms with E-state index in [4.69, 9.17) is 0 Å². The summed E-state index contributed by atoms with van der Waals surface area (Å²) >= 11 is 0. The largest absolute Gasteiger partial charge is 0.504 e. The number of carbonyl (C=O) groups is 2. The van der Waals surface area contributed by atoms with Gasteiger partial charge in [-0.25, -0.2) is 4.79 Å². The Labute approximate surface area is 125 Å². The summed E-state index contributed by atoms with van der Waals surface area (Å²) in [6.45, 7) is 0. The number of carboxylic acid groups (broad SMARTS) is 1. The second-order valence-corrected chi connectivity index (χ2v) is 4.63. The van der Waals surface area contributed by atoms with E-state index >= 15 is 0 Å². The highest BCUT2D eigenvalue weighted by Crippen LogP contribution is 2.25. The van der Waals surface area contributed by atoms with E-state index in [-0.39, 0.29) is 23.5 Å². The fraction of sp³-hybridized carbons (Fsp3) is 0.133. The zero-order valence-corrected chi connectivity index (χ0v) is 11.4. The first-order valence-corrected chi connectivity index (χ1v) is 6.42. The molecular formula is C15H14N2O5. The number of hydrogen-bond donors (Lipinski definition) is 4. The van der Waals surface area contributed by atoms with Gasteiger partial charge in [0.2, 0.25) is 0 Å². The molecule has 0 radical (unpaired) electrons. The van der Waals surface area contributed by atoms with Crippen LogP contribution in [0.25, 0.3) is 0 Å². The number of pyridine rings is 1. The first kappa shape index (κ1) is 15.3. The summed E-state index contributed by atoms with van der Waals surface area (Å²) in [6, 6.07) is 5.91. The van der Waals surface area contributed by atoms with E-state index in [1.54, 1.807) is 6.07 Å². The van der Waals surface area contributed by atoms with E-state index < -0.39 is 17.9 Å². The minimum absolute atomic E-state index is 0.0326. The number of phenolic OH excluding ortho intramolecular Hbond substituents is 2. The van der Waals surface area contributed by atoms with Crippen LogP contribution in [0.15, 0.2) is 42.7 Å². The summed E-state index contributed by atoms with van der Waals surface area (Å²) in [4.78, 5) is 27.0. The standard InChI is InChI=1S/C15H14N2O5/c18-12-4-3-9(7-13(12)19)6-11(15(21)22)17-14(20)10-2-1-5-16-8-10/h1-5,7-8,11,18-19H,6H2,(H,17,20)(H,21,22)/t11-/m0/s1. The lowest BCUT2D eigenvalue weighted by Gasteiger charge is -2.15. The minimum Gasteiger partial charge on any atom is -0.504 e. The normalized spacial score (nSPS) is 11.6. The van der Waals surface area contributed by atoms with Crippen molar-refractivity contribution in [2.24, 2.45) is 0 Å². The van der Waals surface area contributed by atoms with Gasteiger partial charge in [-0.3, -0.25) is 9.78 Å². The fourth-order valence-electron chi connectivity index (χ4n) is 1.87. The molecular weight excluding hydrogens is 288 g/mol. The zero-order valence-electron chi connectivity index (χ0n) is 11.4. The third-order valence-corrected chi connectivity index (χ3v) is 3.01. The van der Waals surface area contributed by atoms with Crippen LogP contribution >= 0.6 is 0 Å². The molecule has 1 amide bonds. The van der Waals surface area contributed by atoms with Gasteiger partial charge in [0.15, 0.2) is 11.5 Å². The minimum atomic E-state index is -1.20. The average Bonchev–Trinajstić information content (AvgIpc) is 2.51. The summed E-state index contributed by atoms with van der Waals surface area (Å²) < 4.78 is 0. The van der Waals surface area contributed by atoms with Crippen molar-refractivity contribution in [1.82, 2.24) is 10.3 Å². The van der Waals surface area contributed by atoms with Crippen molar-refractivity contribution in [3.8, 4) is 11.5 Å². The van der Waals surface area contributed by atoms with E-state index in [1.807, 2.05) is 0 Å². The molecule has 22 heavy (non-hydrogen) atoms. The highest BCUT2D eigenvalue weighted by Gasteiger charge is 2.21. The van der Waals surface area contributed by atoms with Crippen LogP contribution in [-0.2, 0) is 11.2 Å². The number of rotatable bonds is 5. The van der Waals surface area contributed by atoms with Gasteiger partial charge in [-0.05, 0) is 29.8 Å². The van der Waals surface area contributed by atoms with Crippen LogP contribution in [0.4, 0.5) is 0 Å². The van der Waals surface area contributed by atoms with Crippen molar-refractivity contribution in [2.45, 2.75) is 12.5 Å². The average molecular weight is 302 g/mol. The number of amides is 1. The fourth-order valence-corrected chi connectivity index (χ4v) is 1.87. The molecule has 0 aliphatic carbocycles. The maximum atomic E-state index is 12.0. The lowest BCUT2D eigenvalue weighted by Crippen LogP contribution is -2.42. The van der Waals surface area contributed by atoms with Crippen molar-refractivity contribution in [3.05, 3.63) is 53.9 Å². The number of hydrogen-bond acceptors (Lipinski definition) is 5. The summed E-state index contributed by atoms with van der Waals surface area (Å²) in [5.41, 5.74) is 0.719. The third-order valence-electron chi connectivity index (χ3n) is 3.01. The number of aliphatic carboxylic acids is 1. The first-order chi connectivity index (χ1) is 10.5. The molecule has 1 heterocycles. The Kier molecular flexibility index (Phi) is 4.57. The summed E-state index contributed by atoms with van der Waals surface area (Å²) in [5.74, 6) is -2.40. The Balaban J connectivity index is 2.12. The smallest absolute Gasteiger partial charge is 0.326 e. The lowest BCUT2D eigenvalue weighted by molar-refractivity contribution is -0.139. The Morgan fingerprint density at radius 1 is 1.18 bits per heavy atom. The number of nitrogens with one attached hydrogen (secondary N) is 1. The first-order valence-electron chi connectivity index (χ1n) is 6.42. The Bertz CT molecular complexity index is 688. The van der Waals surface area contributed by atoms with Crippen molar-refractivity contribution in [1.29, 1.82) is 0 Å². The molecule has 7 heteroatoms. The molecule has 0 aliphatic heterocycles. The van der Waals surface area contributed by atoms with Gasteiger partial charge in [0.05, 0.1) is 5.56 Å². The predicted molar refractivity (Wildman–Crippen MR) is 76.6 cm³/mol. The Hall–Kier alpha value is -3.09. The monoisotopic (exact) mass is 302 g/mol. The molecule has 1 atom stereocenters. The van der Waals surface area contributed by atoms with E-state index in [0.29, 0.717) is 5.56 Å². The summed E-state index contributed by atoms with van der Waals surface area (Å²) in [7, 11) is 0. The van der Waals surface area contributed by atoms with Gasteiger partial charge >= 0.3 is 5.97 Å².